The lowest BCUT2D eigenvalue weighted by Crippen LogP contribution is -2.69. The Hall–Kier alpha value is -0.440. The maximum Gasteiger partial charge on any atom is 0.142 e. The third-order valence-electron chi connectivity index (χ3n) is 5.18. The maximum atomic E-state index is 10.4. The lowest BCUT2D eigenvalue weighted by atomic mass is 9.95. The number of nitrogens with one attached hydrogen (secondary N) is 1. The van der Waals surface area contributed by atoms with Gasteiger partial charge in [0.15, 0.2) is 0 Å². The van der Waals surface area contributed by atoms with Gasteiger partial charge in [-0.15, -0.1) is 0 Å². The Morgan fingerprint density at radius 3 is 1.59 bits per heavy atom. The first kappa shape index (κ1) is 22.8. The quantitative estimate of drug-likeness (QED) is 0.195. The summed E-state index contributed by atoms with van der Waals surface area (Å²) < 4.78 is 11.4. The summed E-state index contributed by atoms with van der Waals surface area (Å²) in [5, 5.41) is 64.0. The molecule has 2 unspecified atom stereocenters. The molecule has 11 nitrogen and oxygen atoms in total. The molecule has 10 atom stereocenters. The molecule has 2 rings (SSSR count). The number of hydrogen-bond acceptors (Lipinski definition) is 11. The van der Waals surface area contributed by atoms with Gasteiger partial charge in [0.1, 0.15) is 49.1 Å². The Kier molecular flexibility index (Phi) is 8.34. The van der Waals surface area contributed by atoms with E-state index in [1.54, 1.807) is 13.8 Å². The van der Waals surface area contributed by atoms with Gasteiger partial charge in [-0.25, -0.2) is 4.90 Å². The highest BCUT2D eigenvalue weighted by atomic mass is 16.6. The summed E-state index contributed by atoms with van der Waals surface area (Å²) in [6, 6.07) is 0. The molecular weight excluding hydrogens is 362 g/mol. The van der Waals surface area contributed by atoms with Crippen LogP contribution in [-0.4, -0.2) is 123 Å². The van der Waals surface area contributed by atoms with Crippen molar-refractivity contribution >= 4 is 0 Å². The van der Waals surface area contributed by atoms with E-state index in [-0.39, 0.29) is 6.54 Å². The minimum atomic E-state index is -1.47. The largest absolute Gasteiger partial charge is 0.388 e. The number of aliphatic hydroxyl groups excluding tert-OH is 6. The molecule has 0 aromatic heterocycles. The zero-order chi connectivity index (χ0) is 20.3. The number of hydrogen-bond donors (Lipinski definition) is 8. The van der Waals surface area contributed by atoms with Gasteiger partial charge >= 0.3 is 0 Å². The third-order valence-corrected chi connectivity index (χ3v) is 5.18. The molecule has 0 spiro atoms. The second-order valence-corrected chi connectivity index (χ2v) is 7.18. The van der Waals surface area contributed by atoms with Crippen LogP contribution < -0.4 is 11.1 Å². The fraction of sp³-hybridized carbons (Fsp3) is 1.00. The van der Waals surface area contributed by atoms with Crippen molar-refractivity contribution in [1.82, 2.24) is 10.2 Å². The van der Waals surface area contributed by atoms with Crippen LogP contribution in [0.5, 0.6) is 0 Å². The molecular formula is C16H33N3O8. The summed E-state index contributed by atoms with van der Waals surface area (Å²) in [7, 11) is 0. The molecule has 2 aliphatic rings. The SMILES string of the molecule is C[C@H]1OC(N(CCNCCN)C2O[C@H](C)[C@H](O)[C@H](O)[C@H]2O)[C@H](O)[C@@H](O)[C@H]1O. The second-order valence-electron chi connectivity index (χ2n) is 7.18. The molecule has 0 radical (unpaired) electrons. The number of nitrogens with zero attached hydrogens (tertiary/aromatic N) is 1. The first-order valence-electron chi connectivity index (χ1n) is 9.26. The zero-order valence-electron chi connectivity index (χ0n) is 15.6. The minimum absolute atomic E-state index is 0.217. The topological polar surface area (TPSA) is 181 Å². The van der Waals surface area contributed by atoms with Crippen LogP contribution in [0, 0.1) is 0 Å². The summed E-state index contributed by atoms with van der Waals surface area (Å²) in [5.41, 5.74) is 5.45. The monoisotopic (exact) mass is 395 g/mol. The average Bonchev–Trinajstić information content (AvgIpc) is 2.65. The van der Waals surface area contributed by atoms with Gasteiger partial charge in [-0.1, -0.05) is 0 Å². The number of nitrogens with two attached hydrogens (primary N) is 1. The van der Waals surface area contributed by atoms with Gasteiger partial charge in [-0.2, -0.15) is 0 Å². The Morgan fingerprint density at radius 1 is 0.741 bits per heavy atom. The smallest absolute Gasteiger partial charge is 0.142 e. The highest BCUT2D eigenvalue weighted by molar-refractivity contribution is 4.96. The van der Waals surface area contributed by atoms with E-state index in [0.717, 1.165) is 0 Å². The lowest BCUT2D eigenvalue weighted by Gasteiger charge is -2.50. The Bertz CT molecular complexity index is 427. The van der Waals surface area contributed by atoms with Gasteiger partial charge in [0, 0.05) is 26.2 Å². The first-order valence-corrected chi connectivity index (χ1v) is 9.26. The van der Waals surface area contributed by atoms with Gasteiger partial charge < -0.3 is 51.2 Å². The molecule has 0 aliphatic carbocycles. The maximum absolute atomic E-state index is 10.4. The third kappa shape index (κ3) is 4.95. The molecule has 160 valence electrons. The van der Waals surface area contributed by atoms with E-state index in [4.69, 9.17) is 15.2 Å². The second kappa shape index (κ2) is 9.85. The molecule has 0 saturated carbocycles. The predicted octanol–water partition coefficient (Wildman–Crippen LogP) is -4.51. The summed E-state index contributed by atoms with van der Waals surface area (Å²) in [4.78, 5) is 1.47. The van der Waals surface area contributed by atoms with Crippen LogP contribution in [0.4, 0.5) is 0 Å². The Morgan fingerprint density at radius 2 is 1.19 bits per heavy atom. The van der Waals surface area contributed by atoms with Crippen molar-refractivity contribution in [3.8, 4) is 0 Å². The van der Waals surface area contributed by atoms with Crippen LogP contribution in [0.25, 0.3) is 0 Å². The van der Waals surface area contributed by atoms with E-state index >= 15 is 0 Å². The van der Waals surface area contributed by atoms with Crippen LogP contribution >= 0.6 is 0 Å². The van der Waals surface area contributed by atoms with Crippen LogP contribution in [0.15, 0.2) is 0 Å². The van der Waals surface area contributed by atoms with Crippen LogP contribution in [0.2, 0.25) is 0 Å². The number of ether oxygens (including phenoxy) is 2. The molecule has 0 bridgehead atoms. The Labute approximate surface area is 158 Å². The Balaban J connectivity index is 2.22. The van der Waals surface area contributed by atoms with E-state index < -0.39 is 61.3 Å². The summed E-state index contributed by atoms with van der Waals surface area (Å²) >= 11 is 0. The van der Waals surface area contributed by atoms with Crippen molar-refractivity contribution in [2.45, 2.75) is 75.1 Å². The minimum Gasteiger partial charge on any atom is -0.388 e. The van der Waals surface area contributed by atoms with Crippen LogP contribution in [0.3, 0.4) is 0 Å². The fourth-order valence-corrected chi connectivity index (χ4v) is 3.44. The van der Waals surface area contributed by atoms with E-state index in [1.807, 2.05) is 0 Å². The summed E-state index contributed by atoms with van der Waals surface area (Å²) in [6.45, 7) is 4.69. The fourth-order valence-electron chi connectivity index (χ4n) is 3.44. The molecule has 0 aromatic carbocycles. The normalized spacial score (nSPS) is 46.0. The molecule has 27 heavy (non-hydrogen) atoms. The number of aliphatic hydroxyl groups is 6. The van der Waals surface area contributed by atoms with Crippen molar-refractivity contribution in [2.24, 2.45) is 5.73 Å². The van der Waals surface area contributed by atoms with Gasteiger partial charge in [0.25, 0.3) is 0 Å². The molecule has 11 heteroatoms. The zero-order valence-corrected chi connectivity index (χ0v) is 15.6. The molecule has 2 fully saturated rings. The van der Waals surface area contributed by atoms with Crippen molar-refractivity contribution in [3.05, 3.63) is 0 Å². The van der Waals surface area contributed by atoms with E-state index in [1.165, 1.54) is 4.90 Å². The van der Waals surface area contributed by atoms with E-state index in [9.17, 15) is 30.6 Å². The van der Waals surface area contributed by atoms with Crippen LogP contribution in [-0.2, 0) is 9.47 Å². The van der Waals surface area contributed by atoms with Gasteiger partial charge in [0.05, 0.1) is 12.2 Å². The van der Waals surface area contributed by atoms with E-state index in [2.05, 4.69) is 5.32 Å². The lowest BCUT2D eigenvalue weighted by molar-refractivity contribution is -0.315. The highest BCUT2D eigenvalue weighted by Crippen LogP contribution is 2.30. The molecule has 2 aliphatic heterocycles. The number of rotatable bonds is 7. The highest BCUT2D eigenvalue weighted by Gasteiger charge is 2.50. The predicted molar refractivity (Wildman–Crippen MR) is 93.3 cm³/mol. The van der Waals surface area contributed by atoms with Gasteiger partial charge in [-0.3, -0.25) is 0 Å². The molecule has 2 heterocycles. The standard InChI is InChI=1S/C16H33N3O8/c1-7-9(20)11(22)13(24)15(26-7)19(6-5-18-4-3-17)16-14(25)12(23)10(21)8(2)27-16/h7-16,18,20-25H,3-6,17H2,1-2H3/t7-,8-,9+,10+,11+,12+,13-,14-,15?,16?/m1/s1. The first-order chi connectivity index (χ1) is 12.7. The van der Waals surface area contributed by atoms with Crippen molar-refractivity contribution in [3.63, 3.8) is 0 Å². The van der Waals surface area contributed by atoms with Crippen molar-refractivity contribution in [2.75, 3.05) is 26.2 Å². The van der Waals surface area contributed by atoms with E-state index in [0.29, 0.717) is 19.6 Å². The van der Waals surface area contributed by atoms with Crippen molar-refractivity contribution in [1.29, 1.82) is 0 Å². The van der Waals surface area contributed by atoms with Crippen LogP contribution in [0.1, 0.15) is 13.8 Å². The molecule has 2 saturated heterocycles. The molecule has 0 amide bonds. The average molecular weight is 395 g/mol. The van der Waals surface area contributed by atoms with Gasteiger partial charge in [-0.05, 0) is 13.8 Å². The molecule has 0 aromatic rings. The summed E-state index contributed by atoms with van der Waals surface area (Å²) in [5.74, 6) is 0. The summed E-state index contributed by atoms with van der Waals surface area (Å²) in [6.07, 6.45) is -12.1. The van der Waals surface area contributed by atoms with Crippen molar-refractivity contribution < 1.29 is 40.1 Å². The van der Waals surface area contributed by atoms with Gasteiger partial charge in [0.2, 0.25) is 0 Å². The molecule has 9 N–H and O–H groups in total.